The number of hydrogen-bond acceptors (Lipinski definition) is 3. The molecule has 0 amide bonds. The minimum absolute atomic E-state index is 0.0994. The Morgan fingerprint density at radius 1 is 0.917 bits per heavy atom. The first-order valence-corrected chi connectivity index (χ1v) is 8.85. The lowest BCUT2D eigenvalue weighted by Gasteiger charge is -2.13. The standard InChI is InChI=1S/C18H12ClFO3S/c19-16-17(21)14(12-7-3-1-4-8-12)11-15(20)18(16)24(22,23)13-9-5-2-6-10-13/h1-11,21H. The van der Waals surface area contributed by atoms with Crippen LogP contribution in [0.4, 0.5) is 4.39 Å². The number of phenols is 1. The summed E-state index contributed by atoms with van der Waals surface area (Å²) < 4.78 is 39.9. The highest BCUT2D eigenvalue weighted by Gasteiger charge is 2.29. The zero-order chi connectivity index (χ0) is 17.3. The van der Waals surface area contributed by atoms with Crippen molar-refractivity contribution < 1.29 is 17.9 Å². The van der Waals surface area contributed by atoms with Crippen molar-refractivity contribution in [3.8, 4) is 16.9 Å². The Morgan fingerprint density at radius 2 is 1.46 bits per heavy atom. The van der Waals surface area contributed by atoms with Crippen LogP contribution in [-0.2, 0) is 9.84 Å². The van der Waals surface area contributed by atoms with Crippen molar-refractivity contribution in [3.63, 3.8) is 0 Å². The summed E-state index contributed by atoms with van der Waals surface area (Å²) in [5.74, 6) is -1.49. The van der Waals surface area contributed by atoms with Crippen LogP contribution < -0.4 is 0 Å². The highest BCUT2D eigenvalue weighted by Crippen LogP contribution is 2.42. The third-order valence-electron chi connectivity index (χ3n) is 3.56. The fourth-order valence-electron chi connectivity index (χ4n) is 2.39. The summed E-state index contributed by atoms with van der Waals surface area (Å²) in [6, 6.07) is 16.9. The zero-order valence-corrected chi connectivity index (χ0v) is 13.9. The number of sulfone groups is 1. The quantitative estimate of drug-likeness (QED) is 0.735. The summed E-state index contributed by atoms with van der Waals surface area (Å²) >= 11 is 6.02. The summed E-state index contributed by atoms with van der Waals surface area (Å²) in [6.45, 7) is 0. The van der Waals surface area contributed by atoms with Gasteiger partial charge in [0, 0.05) is 5.56 Å². The van der Waals surface area contributed by atoms with E-state index in [2.05, 4.69) is 0 Å². The Kier molecular flexibility index (Phi) is 4.30. The Bertz CT molecular complexity index is 988. The van der Waals surface area contributed by atoms with Crippen LogP contribution in [0.25, 0.3) is 11.1 Å². The molecule has 0 fully saturated rings. The Labute approximate surface area is 143 Å². The average molecular weight is 363 g/mol. The fraction of sp³-hybridized carbons (Fsp3) is 0. The third kappa shape index (κ3) is 2.77. The lowest BCUT2D eigenvalue weighted by molar-refractivity contribution is 0.471. The second-order valence-corrected chi connectivity index (χ2v) is 7.34. The second kappa shape index (κ2) is 6.26. The van der Waals surface area contributed by atoms with Crippen LogP contribution in [0.1, 0.15) is 0 Å². The highest BCUT2D eigenvalue weighted by molar-refractivity contribution is 7.91. The van der Waals surface area contributed by atoms with Crippen molar-refractivity contribution >= 4 is 21.4 Å². The average Bonchev–Trinajstić information content (AvgIpc) is 2.59. The van der Waals surface area contributed by atoms with Gasteiger partial charge in [-0.15, -0.1) is 0 Å². The van der Waals surface area contributed by atoms with Crippen LogP contribution in [0.2, 0.25) is 5.02 Å². The van der Waals surface area contributed by atoms with E-state index >= 15 is 0 Å². The number of benzene rings is 3. The number of halogens is 2. The Morgan fingerprint density at radius 3 is 2.04 bits per heavy atom. The number of phenolic OH excluding ortho intramolecular Hbond substituents is 1. The number of aromatic hydroxyl groups is 1. The van der Waals surface area contributed by atoms with E-state index in [4.69, 9.17) is 11.6 Å². The minimum atomic E-state index is -4.19. The van der Waals surface area contributed by atoms with Gasteiger partial charge in [0.1, 0.15) is 21.5 Å². The molecule has 3 rings (SSSR count). The summed E-state index contributed by atoms with van der Waals surface area (Å²) in [7, 11) is -4.19. The molecule has 3 aromatic carbocycles. The molecule has 0 spiro atoms. The Hall–Kier alpha value is -2.37. The molecular weight excluding hydrogens is 351 g/mol. The van der Waals surface area contributed by atoms with Crippen molar-refractivity contribution in [3.05, 3.63) is 77.6 Å². The molecule has 0 saturated heterocycles. The van der Waals surface area contributed by atoms with E-state index in [0.717, 1.165) is 6.07 Å². The van der Waals surface area contributed by atoms with Crippen LogP contribution in [0, 0.1) is 5.82 Å². The minimum Gasteiger partial charge on any atom is -0.506 e. The molecular formula is C18H12ClFO3S. The maximum absolute atomic E-state index is 14.6. The molecule has 0 heterocycles. The molecule has 1 N–H and O–H groups in total. The molecule has 6 heteroatoms. The van der Waals surface area contributed by atoms with Crippen LogP contribution >= 0.6 is 11.6 Å². The monoisotopic (exact) mass is 362 g/mol. The van der Waals surface area contributed by atoms with Gasteiger partial charge in [-0.2, -0.15) is 0 Å². The van der Waals surface area contributed by atoms with Crippen molar-refractivity contribution in [2.24, 2.45) is 0 Å². The number of rotatable bonds is 3. The zero-order valence-electron chi connectivity index (χ0n) is 12.3. The van der Waals surface area contributed by atoms with Crippen LogP contribution in [0.15, 0.2) is 76.5 Å². The lowest BCUT2D eigenvalue weighted by atomic mass is 10.0. The van der Waals surface area contributed by atoms with Crippen molar-refractivity contribution in [2.45, 2.75) is 9.79 Å². The third-order valence-corrected chi connectivity index (χ3v) is 5.87. The summed E-state index contributed by atoms with van der Waals surface area (Å²) in [5.41, 5.74) is 0.657. The largest absolute Gasteiger partial charge is 0.506 e. The first kappa shape index (κ1) is 16.5. The predicted molar refractivity (Wildman–Crippen MR) is 90.4 cm³/mol. The van der Waals surface area contributed by atoms with Gasteiger partial charge in [-0.3, -0.25) is 0 Å². The van der Waals surface area contributed by atoms with Gasteiger partial charge in [-0.05, 0) is 23.8 Å². The maximum Gasteiger partial charge on any atom is 0.211 e. The van der Waals surface area contributed by atoms with E-state index in [9.17, 15) is 17.9 Å². The summed E-state index contributed by atoms with van der Waals surface area (Å²) in [5, 5.41) is 9.77. The van der Waals surface area contributed by atoms with Gasteiger partial charge >= 0.3 is 0 Å². The lowest BCUT2D eigenvalue weighted by Crippen LogP contribution is -2.06. The molecule has 0 atom stereocenters. The van der Waals surface area contributed by atoms with Gasteiger partial charge in [0.05, 0.1) is 4.90 Å². The molecule has 0 aromatic heterocycles. The SMILES string of the molecule is O=S(=O)(c1ccccc1)c1c(F)cc(-c2ccccc2)c(O)c1Cl. The van der Waals surface area contributed by atoms with Gasteiger partial charge in [-0.25, -0.2) is 12.8 Å². The van der Waals surface area contributed by atoms with E-state index in [1.807, 2.05) is 0 Å². The predicted octanol–water partition coefficient (Wildman–Crippen LogP) is 4.68. The van der Waals surface area contributed by atoms with E-state index in [0.29, 0.717) is 5.56 Å². The molecule has 3 nitrogen and oxygen atoms in total. The van der Waals surface area contributed by atoms with E-state index in [-0.39, 0.29) is 10.5 Å². The first-order chi connectivity index (χ1) is 11.4. The van der Waals surface area contributed by atoms with Crippen molar-refractivity contribution in [1.82, 2.24) is 0 Å². The van der Waals surface area contributed by atoms with Gasteiger partial charge in [0.25, 0.3) is 0 Å². The van der Waals surface area contributed by atoms with Crippen LogP contribution in [0.3, 0.4) is 0 Å². The van der Waals surface area contributed by atoms with Crippen molar-refractivity contribution in [2.75, 3.05) is 0 Å². The van der Waals surface area contributed by atoms with E-state index in [1.165, 1.54) is 24.3 Å². The molecule has 0 aliphatic heterocycles. The van der Waals surface area contributed by atoms with E-state index in [1.54, 1.807) is 36.4 Å². The smallest absolute Gasteiger partial charge is 0.211 e. The maximum atomic E-state index is 14.6. The molecule has 0 unspecified atom stereocenters. The summed E-state index contributed by atoms with van der Waals surface area (Å²) in [6.07, 6.45) is 0. The van der Waals surface area contributed by atoms with E-state index < -0.39 is 31.3 Å². The number of hydrogen-bond donors (Lipinski definition) is 1. The van der Waals surface area contributed by atoms with Gasteiger partial charge in [-0.1, -0.05) is 60.1 Å². The fourth-order valence-corrected chi connectivity index (χ4v) is 4.29. The van der Waals surface area contributed by atoms with Gasteiger partial charge in [0.15, 0.2) is 0 Å². The molecule has 0 bridgehead atoms. The molecule has 24 heavy (non-hydrogen) atoms. The van der Waals surface area contributed by atoms with Gasteiger partial charge < -0.3 is 5.11 Å². The van der Waals surface area contributed by atoms with Gasteiger partial charge in [0.2, 0.25) is 9.84 Å². The molecule has 0 aliphatic carbocycles. The van der Waals surface area contributed by atoms with Crippen LogP contribution in [0.5, 0.6) is 5.75 Å². The highest BCUT2D eigenvalue weighted by atomic mass is 35.5. The second-order valence-electron chi connectivity index (χ2n) is 5.08. The molecule has 0 aliphatic rings. The molecule has 122 valence electrons. The van der Waals surface area contributed by atoms with Crippen molar-refractivity contribution in [1.29, 1.82) is 0 Å². The topological polar surface area (TPSA) is 54.4 Å². The summed E-state index contributed by atoms with van der Waals surface area (Å²) in [4.78, 5) is -0.829. The molecule has 0 radical (unpaired) electrons. The molecule has 0 saturated carbocycles. The van der Waals surface area contributed by atoms with Crippen LogP contribution in [-0.4, -0.2) is 13.5 Å². The normalized spacial score (nSPS) is 11.4. The Balaban J connectivity index is 2.24. The molecule has 3 aromatic rings. The first-order valence-electron chi connectivity index (χ1n) is 6.99.